The number of fused-ring (bicyclic) bond motifs is 1. The van der Waals surface area contributed by atoms with E-state index in [-0.39, 0.29) is 0 Å². The molecule has 1 saturated heterocycles. The molecule has 9 heteroatoms. The predicted molar refractivity (Wildman–Crippen MR) is 55.9 cm³/mol. The summed E-state index contributed by atoms with van der Waals surface area (Å²) in [6.07, 6.45) is -3.25. The van der Waals surface area contributed by atoms with E-state index in [1.54, 1.807) is 0 Å². The maximum atomic E-state index is 14.3. The molecule has 1 aromatic heterocycles. The van der Waals surface area contributed by atoms with Crippen LogP contribution in [0.2, 0.25) is 0 Å². The van der Waals surface area contributed by atoms with Crippen LogP contribution >= 0.6 is 11.6 Å². The molecule has 1 aromatic rings. The SMILES string of the molecule is O=c1ccn([C@@H]2O[C@@H]3C(O)[C@]3(O)[C@]2(F)Cl)c(=O)[nH]1. The lowest BCUT2D eigenvalue weighted by Crippen LogP contribution is -2.46. The van der Waals surface area contributed by atoms with Crippen LogP contribution in [-0.4, -0.2) is 42.7 Å². The number of halogens is 2. The molecule has 0 aromatic carbocycles. The third kappa shape index (κ3) is 1.18. The van der Waals surface area contributed by atoms with E-state index in [1.807, 2.05) is 4.98 Å². The van der Waals surface area contributed by atoms with E-state index in [9.17, 15) is 24.2 Å². The largest absolute Gasteiger partial charge is 0.387 e. The van der Waals surface area contributed by atoms with Crippen LogP contribution in [0, 0.1) is 0 Å². The highest BCUT2D eigenvalue weighted by molar-refractivity contribution is 6.24. The maximum absolute atomic E-state index is 14.3. The molecule has 2 aliphatic rings. The molecule has 0 amide bonds. The van der Waals surface area contributed by atoms with Gasteiger partial charge < -0.3 is 14.9 Å². The molecule has 0 bridgehead atoms. The zero-order valence-electron chi connectivity index (χ0n) is 8.71. The van der Waals surface area contributed by atoms with Crippen molar-refractivity contribution in [3.05, 3.63) is 33.1 Å². The number of aromatic nitrogens is 2. The van der Waals surface area contributed by atoms with Crippen molar-refractivity contribution < 1.29 is 19.3 Å². The second-order valence-corrected chi connectivity index (χ2v) is 4.87. The van der Waals surface area contributed by atoms with Crippen molar-refractivity contribution in [2.45, 2.75) is 29.2 Å². The van der Waals surface area contributed by atoms with Crippen LogP contribution in [0.25, 0.3) is 0 Å². The van der Waals surface area contributed by atoms with Gasteiger partial charge in [-0.25, -0.2) is 9.18 Å². The lowest BCUT2D eigenvalue weighted by Gasteiger charge is -2.27. The van der Waals surface area contributed by atoms with E-state index < -0.39 is 40.4 Å². The van der Waals surface area contributed by atoms with E-state index in [2.05, 4.69) is 0 Å². The monoisotopic (exact) mass is 278 g/mol. The molecule has 1 aliphatic carbocycles. The zero-order chi connectivity index (χ0) is 13.3. The number of aliphatic hydroxyl groups excluding tert-OH is 1. The summed E-state index contributed by atoms with van der Waals surface area (Å²) in [5.74, 6) is 0. The highest BCUT2D eigenvalue weighted by Gasteiger charge is 2.85. The van der Waals surface area contributed by atoms with Gasteiger partial charge in [-0.05, 0) is 0 Å². The van der Waals surface area contributed by atoms with Gasteiger partial charge in [0.25, 0.3) is 10.7 Å². The van der Waals surface area contributed by atoms with Gasteiger partial charge in [-0.1, -0.05) is 11.6 Å². The number of hydrogen-bond donors (Lipinski definition) is 3. The predicted octanol–water partition coefficient (Wildman–Crippen LogP) is -1.56. The Balaban J connectivity index is 2.06. The Morgan fingerprint density at radius 1 is 1.56 bits per heavy atom. The molecular formula is C9H8ClFN2O5. The fraction of sp³-hybridized carbons (Fsp3) is 0.556. The standard InChI is InChI=1S/C9H8ClFN2O5/c10-9(11)6(18-5-4(15)8(5,9)17)13-2-1-3(14)12-7(13)16/h1-2,4-6,15,17H,(H,12,14,16)/t4?,5-,6-,8-,9+/m1/s1. The number of aliphatic hydroxyl groups is 2. The lowest BCUT2D eigenvalue weighted by atomic mass is 10.1. The summed E-state index contributed by atoms with van der Waals surface area (Å²) < 4.78 is 20.0. The first-order chi connectivity index (χ1) is 8.30. The topological polar surface area (TPSA) is 105 Å². The summed E-state index contributed by atoms with van der Waals surface area (Å²) in [7, 11) is 0. The van der Waals surface area contributed by atoms with Crippen LogP contribution in [0.4, 0.5) is 4.39 Å². The average Bonchev–Trinajstić information content (AvgIpc) is 2.72. The van der Waals surface area contributed by atoms with Crippen LogP contribution in [0.5, 0.6) is 0 Å². The minimum atomic E-state index is -2.86. The molecule has 2 heterocycles. The van der Waals surface area contributed by atoms with Crippen LogP contribution in [0.15, 0.2) is 21.9 Å². The molecule has 3 rings (SSSR count). The van der Waals surface area contributed by atoms with Crippen LogP contribution < -0.4 is 11.2 Å². The van der Waals surface area contributed by atoms with Gasteiger partial charge in [0, 0.05) is 12.3 Å². The second-order valence-electron chi connectivity index (χ2n) is 4.32. The molecule has 18 heavy (non-hydrogen) atoms. The second kappa shape index (κ2) is 3.21. The number of hydrogen-bond acceptors (Lipinski definition) is 5. The molecular weight excluding hydrogens is 271 g/mol. The number of nitrogens with one attached hydrogen (secondary N) is 1. The van der Waals surface area contributed by atoms with Crippen LogP contribution in [0.1, 0.15) is 6.23 Å². The van der Waals surface area contributed by atoms with Crippen LogP contribution in [-0.2, 0) is 4.74 Å². The Hall–Kier alpha value is -1.22. The average molecular weight is 279 g/mol. The number of H-pyrrole nitrogens is 1. The minimum Gasteiger partial charge on any atom is -0.387 e. The first kappa shape index (κ1) is 11.8. The Morgan fingerprint density at radius 2 is 2.22 bits per heavy atom. The Kier molecular flexibility index (Phi) is 2.11. The van der Waals surface area contributed by atoms with E-state index in [0.29, 0.717) is 4.57 Å². The van der Waals surface area contributed by atoms with Crippen molar-refractivity contribution in [3.8, 4) is 0 Å². The molecule has 1 aliphatic heterocycles. The molecule has 7 nitrogen and oxygen atoms in total. The van der Waals surface area contributed by atoms with E-state index in [1.165, 1.54) is 0 Å². The molecule has 1 saturated carbocycles. The molecule has 1 unspecified atom stereocenters. The normalized spacial score (nSPS) is 45.9. The molecule has 2 fully saturated rings. The first-order valence-corrected chi connectivity index (χ1v) is 5.43. The summed E-state index contributed by atoms with van der Waals surface area (Å²) in [5.41, 5.74) is -3.82. The number of alkyl halides is 2. The van der Waals surface area contributed by atoms with Gasteiger partial charge in [0.05, 0.1) is 0 Å². The third-order valence-electron chi connectivity index (χ3n) is 3.29. The van der Waals surface area contributed by atoms with Gasteiger partial charge in [-0.2, -0.15) is 0 Å². The third-order valence-corrected chi connectivity index (χ3v) is 3.78. The summed E-state index contributed by atoms with van der Waals surface area (Å²) in [5, 5.41) is 16.2. The van der Waals surface area contributed by atoms with Crippen molar-refractivity contribution >= 4 is 11.6 Å². The molecule has 98 valence electrons. The first-order valence-electron chi connectivity index (χ1n) is 5.05. The van der Waals surface area contributed by atoms with Gasteiger partial charge in [0.2, 0.25) is 0 Å². The smallest absolute Gasteiger partial charge is 0.330 e. The number of aromatic amines is 1. The van der Waals surface area contributed by atoms with Gasteiger partial charge in [0.15, 0.2) is 11.8 Å². The summed E-state index contributed by atoms with van der Waals surface area (Å²) in [6, 6.07) is 0.988. The number of nitrogens with zero attached hydrogens (tertiary/aromatic N) is 1. The molecule has 3 N–H and O–H groups in total. The van der Waals surface area contributed by atoms with Crippen molar-refractivity contribution in [3.63, 3.8) is 0 Å². The number of ether oxygens (including phenoxy) is 1. The quantitative estimate of drug-likeness (QED) is 0.539. The fourth-order valence-corrected chi connectivity index (χ4v) is 2.54. The summed E-state index contributed by atoms with van der Waals surface area (Å²) in [6.45, 7) is 0. The molecule has 5 atom stereocenters. The lowest BCUT2D eigenvalue weighted by molar-refractivity contribution is -0.0850. The summed E-state index contributed by atoms with van der Waals surface area (Å²) in [4.78, 5) is 24.3. The minimum absolute atomic E-state index is 0.655. The van der Waals surface area contributed by atoms with E-state index in [4.69, 9.17) is 16.3 Å². The highest BCUT2D eigenvalue weighted by atomic mass is 35.5. The van der Waals surface area contributed by atoms with Gasteiger partial charge in [-0.15, -0.1) is 0 Å². The Morgan fingerprint density at radius 3 is 2.72 bits per heavy atom. The van der Waals surface area contributed by atoms with Gasteiger partial charge >= 0.3 is 5.69 Å². The zero-order valence-corrected chi connectivity index (χ0v) is 9.46. The Labute approximate surface area is 103 Å². The summed E-state index contributed by atoms with van der Waals surface area (Å²) >= 11 is 5.55. The van der Waals surface area contributed by atoms with Gasteiger partial charge in [0.1, 0.15) is 12.2 Å². The molecule has 0 radical (unpaired) electrons. The van der Waals surface area contributed by atoms with E-state index >= 15 is 0 Å². The molecule has 0 spiro atoms. The van der Waals surface area contributed by atoms with Gasteiger partial charge in [-0.3, -0.25) is 14.3 Å². The van der Waals surface area contributed by atoms with E-state index in [0.717, 1.165) is 12.3 Å². The van der Waals surface area contributed by atoms with Crippen LogP contribution in [0.3, 0.4) is 0 Å². The highest BCUT2D eigenvalue weighted by Crippen LogP contribution is 2.62. The number of rotatable bonds is 1. The van der Waals surface area contributed by atoms with Crippen molar-refractivity contribution in [2.75, 3.05) is 0 Å². The Bertz CT molecular complexity index is 628. The maximum Gasteiger partial charge on any atom is 0.330 e. The van der Waals surface area contributed by atoms with Crippen molar-refractivity contribution in [1.82, 2.24) is 9.55 Å². The fourth-order valence-electron chi connectivity index (χ4n) is 2.17. The van der Waals surface area contributed by atoms with Crippen molar-refractivity contribution in [1.29, 1.82) is 0 Å². The van der Waals surface area contributed by atoms with Crippen molar-refractivity contribution in [2.24, 2.45) is 0 Å².